The van der Waals surface area contributed by atoms with Crippen LogP contribution in [0.2, 0.25) is 0 Å². The molecule has 1 atom stereocenters. The van der Waals surface area contributed by atoms with Gasteiger partial charge in [0.15, 0.2) is 0 Å². The van der Waals surface area contributed by atoms with E-state index in [0.29, 0.717) is 13.2 Å². The van der Waals surface area contributed by atoms with Crippen LogP contribution in [0.1, 0.15) is 6.92 Å². The van der Waals surface area contributed by atoms with Crippen LogP contribution in [0.5, 0.6) is 0 Å². The maximum absolute atomic E-state index is 9.13. The molecule has 4 nitrogen and oxygen atoms in total. The molecule has 0 aliphatic carbocycles. The number of nitrogens with zero attached hydrogens (tertiary/aromatic N) is 1. The Hall–Kier alpha value is -0.160. The van der Waals surface area contributed by atoms with Crippen LogP contribution in [0.4, 0.5) is 0 Å². The lowest BCUT2D eigenvalue weighted by Gasteiger charge is -2.21. The molecule has 0 bridgehead atoms. The first-order chi connectivity index (χ1) is 5.74. The molecule has 0 amide bonds. The van der Waals surface area contributed by atoms with E-state index in [4.69, 9.17) is 14.9 Å². The van der Waals surface area contributed by atoms with E-state index in [2.05, 4.69) is 0 Å². The SMILES string of the molecule is CCN(CCOC)CC(O)CO. The number of aliphatic hydroxyl groups excluding tert-OH is 2. The van der Waals surface area contributed by atoms with E-state index < -0.39 is 6.10 Å². The average molecular weight is 177 g/mol. The summed E-state index contributed by atoms with van der Waals surface area (Å²) in [6.45, 7) is 4.66. The minimum absolute atomic E-state index is 0.177. The normalized spacial score (nSPS) is 13.8. The zero-order valence-electron chi connectivity index (χ0n) is 7.86. The van der Waals surface area contributed by atoms with Crippen LogP contribution in [0.15, 0.2) is 0 Å². The van der Waals surface area contributed by atoms with Gasteiger partial charge in [0.1, 0.15) is 0 Å². The third kappa shape index (κ3) is 5.49. The summed E-state index contributed by atoms with van der Waals surface area (Å²) in [5.41, 5.74) is 0. The second kappa shape index (κ2) is 7.49. The van der Waals surface area contributed by atoms with Crippen molar-refractivity contribution < 1.29 is 14.9 Å². The molecule has 0 aliphatic heterocycles. The van der Waals surface area contributed by atoms with Crippen molar-refractivity contribution in [2.24, 2.45) is 0 Å². The number of methoxy groups -OCH3 is 1. The van der Waals surface area contributed by atoms with Crippen LogP contribution in [-0.2, 0) is 4.74 Å². The number of ether oxygens (including phenoxy) is 1. The lowest BCUT2D eigenvalue weighted by atomic mass is 10.3. The van der Waals surface area contributed by atoms with Gasteiger partial charge in [-0.3, -0.25) is 4.90 Å². The second-order valence-electron chi connectivity index (χ2n) is 2.72. The van der Waals surface area contributed by atoms with Gasteiger partial charge in [-0.15, -0.1) is 0 Å². The molecule has 4 heteroatoms. The minimum Gasteiger partial charge on any atom is -0.394 e. The highest BCUT2D eigenvalue weighted by molar-refractivity contribution is 4.61. The number of hydrogen-bond donors (Lipinski definition) is 2. The zero-order chi connectivity index (χ0) is 9.40. The third-order valence-electron chi connectivity index (χ3n) is 1.74. The number of hydrogen-bond acceptors (Lipinski definition) is 4. The fraction of sp³-hybridized carbons (Fsp3) is 1.00. The highest BCUT2D eigenvalue weighted by Gasteiger charge is 2.07. The van der Waals surface area contributed by atoms with Crippen LogP contribution in [0.25, 0.3) is 0 Å². The van der Waals surface area contributed by atoms with E-state index in [1.54, 1.807) is 7.11 Å². The van der Waals surface area contributed by atoms with Gasteiger partial charge < -0.3 is 14.9 Å². The van der Waals surface area contributed by atoms with Crippen LogP contribution in [0.3, 0.4) is 0 Å². The molecule has 0 aliphatic rings. The fourth-order valence-electron chi connectivity index (χ4n) is 0.955. The Morgan fingerprint density at radius 2 is 2.17 bits per heavy atom. The molecule has 0 radical (unpaired) electrons. The predicted octanol–water partition coefficient (Wildman–Crippen LogP) is -0.692. The molecular formula is C8H19NO3. The van der Waals surface area contributed by atoms with E-state index in [9.17, 15) is 0 Å². The highest BCUT2D eigenvalue weighted by atomic mass is 16.5. The summed E-state index contributed by atoms with van der Waals surface area (Å²) >= 11 is 0. The first-order valence-corrected chi connectivity index (χ1v) is 4.24. The Labute approximate surface area is 73.8 Å². The molecule has 0 heterocycles. The first kappa shape index (κ1) is 11.8. The Morgan fingerprint density at radius 1 is 1.50 bits per heavy atom. The molecule has 1 unspecified atom stereocenters. The molecule has 0 saturated carbocycles. The Bertz CT molecular complexity index is 100. The van der Waals surface area contributed by atoms with Crippen molar-refractivity contribution in [1.29, 1.82) is 0 Å². The number of rotatable bonds is 7. The molecule has 0 aromatic carbocycles. The van der Waals surface area contributed by atoms with E-state index in [0.717, 1.165) is 13.1 Å². The number of likely N-dealkylation sites (N-methyl/N-ethyl adjacent to an activating group) is 1. The summed E-state index contributed by atoms with van der Waals surface area (Å²) in [4.78, 5) is 2.03. The molecule has 0 aromatic heterocycles. The summed E-state index contributed by atoms with van der Waals surface area (Å²) in [6.07, 6.45) is -0.637. The topological polar surface area (TPSA) is 52.9 Å². The molecule has 12 heavy (non-hydrogen) atoms. The maximum Gasteiger partial charge on any atom is 0.0897 e. The average Bonchev–Trinajstić information content (AvgIpc) is 2.11. The van der Waals surface area contributed by atoms with Gasteiger partial charge in [-0.05, 0) is 6.54 Å². The zero-order valence-corrected chi connectivity index (χ0v) is 7.86. The standard InChI is InChI=1S/C8H19NO3/c1-3-9(4-5-12-2)6-8(11)7-10/h8,10-11H,3-7H2,1-2H3. The van der Waals surface area contributed by atoms with E-state index in [1.807, 2.05) is 11.8 Å². The lowest BCUT2D eigenvalue weighted by Crippen LogP contribution is -2.36. The minimum atomic E-state index is -0.637. The molecule has 0 aromatic rings. The van der Waals surface area contributed by atoms with Crippen LogP contribution in [-0.4, -0.2) is 61.2 Å². The van der Waals surface area contributed by atoms with Crippen molar-refractivity contribution in [1.82, 2.24) is 4.90 Å². The molecular weight excluding hydrogens is 158 g/mol. The van der Waals surface area contributed by atoms with Crippen molar-refractivity contribution in [3.05, 3.63) is 0 Å². The van der Waals surface area contributed by atoms with Gasteiger partial charge in [-0.25, -0.2) is 0 Å². The summed E-state index contributed by atoms with van der Waals surface area (Å²) in [6, 6.07) is 0. The van der Waals surface area contributed by atoms with Gasteiger partial charge in [0, 0.05) is 20.2 Å². The molecule has 0 spiro atoms. The smallest absolute Gasteiger partial charge is 0.0897 e. The van der Waals surface area contributed by atoms with Crippen molar-refractivity contribution in [2.45, 2.75) is 13.0 Å². The van der Waals surface area contributed by atoms with Crippen LogP contribution >= 0.6 is 0 Å². The van der Waals surface area contributed by atoms with Crippen molar-refractivity contribution in [2.75, 3.05) is 40.0 Å². The molecule has 2 N–H and O–H groups in total. The van der Waals surface area contributed by atoms with Crippen LogP contribution < -0.4 is 0 Å². The summed E-state index contributed by atoms with van der Waals surface area (Å²) in [7, 11) is 1.65. The number of aliphatic hydroxyl groups is 2. The van der Waals surface area contributed by atoms with Crippen LogP contribution in [0, 0.1) is 0 Å². The summed E-state index contributed by atoms with van der Waals surface area (Å²) < 4.78 is 4.90. The summed E-state index contributed by atoms with van der Waals surface area (Å²) in [5.74, 6) is 0. The first-order valence-electron chi connectivity index (χ1n) is 4.24. The predicted molar refractivity (Wildman–Crippen MR) is 47.1 cm³/mol. The maximum atomic E-state index is 9.13. The quantitative estimate of drug-likeness (QED) is 0.540. The van der Waals surface area contributed by atoms with E-state index >= 15 is 0 Å². The van der Waals surface area contributed by atoms with Crippen molar-refractivity contribution >= 4 is 0 Å². The Kier molecular flexibility index (Phi) is 7.39. The van der Waals surface area contributed by atoms with Gasteiger partial charge >= 0.3 is 0 Å². The molecule has 0 rings (SSSR count). The highest BCUT2D eigenvalue weighted by Crippen LogP contribution is 1.91. The van der Waals surface area contributed by atoms with Gasteiger partial charge in [-0.2, -0.15) is 0 Å². The van der Waals surface area contributed by atoms with Crippen molar-refractivity contribution in [3.63, 3.8) is 0 Å². The monoisotopic (exact) mass is 177 g/mol. The fourth-order valence-corrected chi connectivity index (χ4v) is 0.955. The van der Waals surface area contributed by atoms with Gasteiger partial charge in [0.05, 0.1) is 19.3 Å². The van der Waals surface area contributed by atoms with Gasteiger partial charge in [-0.1, -0.05) is 6.92 Å². The van der Waals surface area contributed by atoms with Gasteiger partial charge in [0.25, 0.3) is 0 Å². The van der Waals surface area contributed by atoms with E-state index in [-0.39, 0.29) is 6.61 Å². The largest absolute Gasteiger partial charge is 0.394 e. The molecule has 0 fully saturated rings. The second-order valence-corrected chi connectivity index (χ2v) is 2.72. The lowest BCUT2D eigenvalue weighted by molar-refractivity contribution is 0.0515. The Morgan fingerprint density at radius 3 is 2.58 bits per heavy atom. The van der Waals surface area contributed by atoms with Gasteiger partial charge in [0.2, 0.25) is 0 Å². The molecule has 74 valence electrons. The Balaban J connectivity index is 3.51. The van der Waals surface area contributed by atoms with E-state index in [1.165, 1.54) is 0 Å². The van der Waals surface area contributed by atoms with Crippen molar-refractivity contribution in [3.8, 4) is 0 Å². The molecule has 0 saturated heterocycles. The summed E-state index contributed by atoms with van der Waals surface area (Å²) in [5, 5.41) is 17.7. The third-order valence-corrected chi connectivity index (χ3v) is 1.74.